The highest BCUT2D eigenvalue weighted by atomic mass is 32.2. The molecule has 0 aromatic heterocycles. The van der Waals surface area contributed by atoms with Crippen LogP contribution in [-0.4, -0.2) is 20.9 Å². The van der Waals surface area contributed by atoms with Crippen molar-refractivity contribution in [3.63, 3.8) is 0 Å². The van der Waals surface area contributed by atoms with Gasteiger partial charge in [0, 0.05) is 5.56 Å². The van der Waals surface area contributed by atoms with E-state index in [1.54, 1.807) is 31.2 Å². The van der Waals surface area contributed by atoms with Crippen molar-refractivity contribution < 1.29 is 17.9 Å². The van der Waals surface area contributed by atoms with E-state index in [4.69, 9.17) is 4.74 Å². The molecule has 0 radical (unpaired) electrons. The zero-order valence-electron chi connectivity index (χ0n) is 18.7. The van der Waals surface area contributed by atoms with Crippen molar-refractivity contribution in [3.05, 3.63) is 89.0 Å². The summed E-state index contributed by atoms with van der Waals surface area (Å²) in [5.41, 5.74) is 3.07. The predicted octanol–water partition coefficient (Wildman–Crippen LogP) is 4.99. The summed E-state index contributed by atoms with van der Waals surface area (Å²) in [5.74, 6) is 0.419. The summed E-state index contributed by atoms with van der Waals surface area (Å²) in [5, 5.41) is 2.93. The van der Waals surface area contributed by atoms with Crippen LogP contribution in [0.5, 0.6) is 5.75 Å². The number of carbonyl (C=O) groups is 1. The van der Waals surface area contributed by atoms with Gasteiger partial charge in [-0.1, -0.05) is 36.4 Å². The Morgan fingerprint density at radius 3 is 2.31 bits per heavy atom. The number of hydrogen-bond acceptors (Lipinski definition) is 4. The molecule has 3 aromatic carbocycles. The molecule has 0 aliphatic heterocycles. The number of amides is 1. The van der Waals surface area contributed by atoms with Gasteiger partial charge in [-0.05, 0) is 74.7 Å². The van der Waals surface area contributed by atoms with E-state index in [-0.39, 0.29) is 22.4 Å². The molecule has 1 atom stereocenters. The van der Waals surface area contributed by atoms with Gasteiger partial charge in [0.05, 0.1) is 23.2 Å². The molecule has 7 heteroatoms. The lowest BCUT2D eigenvalue weighted by Crippen LogP contribution is -2.27. The van der Waals surface area contributed by atoms with Crippen LogP contribution in [0, 0.1) is 13.8 Å². The molecule has 1 unspecified atom stereocenters. The normalized spacial score (nSPS) is 12.1. The Hall–Kier alpha value is -3.32. The first-order valence-corrected chi connectivity index (χ1v) is 11.9. The maximum absolute atomic E-state index is 13.0. The number of anilines is 1. The number of nitrogens with one attached hydrogen (secondary N) is 2. The standard InChI is InChI=1S/C25H28N2O4S/c1-5-31-22-14-12-20(13-15-22)19(4)26-25(28)21-11-10-18(3)24(16-21)32(29,30)27-23-9-7-6-8-17(23)2/h6-16,19,27H,5H2,1-4H3,(H,26,28). The van der Waals surface area contributed by atoms with Crippen LogP contribution in [0.15, 0.2) is 71.6 Å². The second-order valence-corrected chi connectivity index (χ2v) is 9.25. The number of ether oxygens (including phenoxy) is 1. The Balaban J connectivity index is 1.79. The van der Waals surface area contributed by atoms with Crippen molar-refractivity contribution in [2.75, 3.05) is 11.3 Å². The van der Waals surface area contributed by atoms with Gasteiger partial charge in [-0.15, -0.1) is 0 Å². The molecule has 0 spiro atoms. The zero-order valence-corrected chi connectivity index (χ0v) is 19.5. The van der Waals surface area contributed by atoms with Gasteiger partial charge in [-0.2, -0.15) is 0 Å². The Kier molecular flexibility index (Phi) is 7.20. The van der Waals surface area contributed by atoms with Crippen LogP contribution in [0.1, 0.15) is 46.9 Å². The molecule has 6 nitrogen and oxygen atoms in total. The van der Waals surface area contributed by atoms with Gasteiger partial charge in [-0.25, -0.2) is 8.42 Å². The van der Waals surface area contributed by atoms with Gasteiger partial charge in [0.1, 0.15) is 5.75 Å². The highest BCUT2D eigenvalue weighted by Gasteiger charge is 2.21. The van der Waals surface area contributed by atoms with Crippen molar-refractivity contribution in [2.24, 2.45) is 0 Å². The van der Waals surface area contributed by atoms with Gasteiger partial charge in [0.25, 0.3) is 15.9 Å². The lowest BCUT2D eigenvalue weighted by Gasteiger charge is -2.16. The van der Waals surface area contributed by atoms with E-state index < -0.39 is 10.0 Å². The zero-order chi connectivity index (χ0) is 23.3. The summed E-state index contributed by atoms with van der Waals surface area (Å²) in [6.07, 6.45) is 0. The Morgan fingerprint density at radius 1 is 0.969 bits per heavy atom. The fourth-order valence-corrected chi connectivity index (χ4v) is 4.70. The van der Waals surface area contributed by atoms with E-state index >= 15 is 0 Å². The number of hydrogen-bond donors (Lipinski definition) is 2. The quantitative estimate of drug-likeness (QED) is 0.504. The number of benzene rings is 3. The lowest BCUT2D eigenvalue weighted by molar-refractivity contribution is 0.0939. The molecule has 1 amide bonds. The minimum Gasteiger partial charge on any atom is -0.494 e. The molecule has 0 saturated carbocycles. The lowest BCUT2D eigenvalue weighted by atomic mass is 10.1. The van der Waals surface area contributed by atoms with E-state index in [1.807, 2.05) is 57.2 Å². The van der Waals surface area contributed by atoms with E-state index in [0.717, 1.165) is 16.9 Å². The van der Waals surface area contributed by atoms with Gasteiger partial charge in [-0.3, -0.25) is 9.52 Å². The summed E-state index contributed by atoms with van der Waals surface area (Å²) in [6.45, 7) is 7.92. The third-order valence-electron chi connectivity index (χ3n) is 5.17. The van der Waals surface area contributed by atoms with Gasteiger partial charge in [0.15, 0.2) is 0 Å². The van der Waals surface area contributed by atoms with Crippen molar-refractivity contribution in [3.8, 4) is 5.75 Å². The average Bonchev–Trinajstić information content (AvgIpc) is 2.76. The summed E-state index contributed by atoms with van der Waals surface area (Å²) >= 11 is 0. The van der Waals surface area contributed by atoms with Gasteiger partial charge >= 0.3 is 0 Å². The number of rotatable bonds is 8. The fourth-order valence-electron chi connectivity index (χ4n) is 3.30. The first kappa shape index (κ1) is 23.3. The van der Waals surface area contributed by atoms with Gasteiger partial charge in [0.2, 0.25) is 0 Å². The first-order chi connectivity index (χ1) is 15.2. The maximum atomic E-state index is 13.0. The molecule has 32 heavy (non-hydrogen) atoms. The van der Waals surface area contributed by atoms with E-state index in [0.29, 0.717) is 17.9 Å². The largest absolute Gasteiger partial charge is 0.494 e. The van der Waals surface area contributed by atoms with E-state index in [1.165, 1.54) is 6.07 Å². The maximum Gasteiger partial charge on any atom is 0.262 e. The Bertz CT molecular complexity index is 1200. The van der Waals surface area contributed by atoms with Crippen LogP contribution in [0.25, 0.3) is 0 Å². The van der Waals surface area contributed by atoms with Crippen LogP contribution < -0.4 is 14.8 Å². The van der Waals surface area contributed by atoms with Crippen LogP contribution in [0.3, 0.4) is 0 Å². The molecule has 0 heterocycles. The summed E-state index contributed by atoms with van der Waals surface area (Å²) < 4.78 is 34.1. The minimum atomic E-state index is -3.86. The van der Waals surface area contributed by atoms with Crippen LogP contribution in [0.2, 0.25) is 0 Å². The third-order valence-corrected chi connectivity index (χ3v) is 6.68. The Labute approximate surface area is 189 Å². The molecule has 0 aliphatic carbocycles. The number of para-hydroxylation sites is 1. The Morgan fingerprint density at radius 2 is 1.66 bits per heavy atom. The summed E-state index contributed by atoms with van der Waals surface area (Å²) in [4.78, 5) is 12.9. The number of carbonyl (C=O) groups excluding carboxylic acids is 1. The topological polar surface area (TPSA) is 84.5 Å². The highest BCUT2D eigenvalue weighted by Crippen LogP contribution is 2.23. The molecule has 0 bridgehead atoms. The molecule has 168 valence electrons. The monoisotopic (exact) mass is 452 g/mol. The molecule has 3 aromatic rings. The summed E-state index contributed by atoms with van der Waals surface area (Å²) in [7, 11) is -3.86. The molecular weight excluding hydrogens is 424 g/mol. The van der Waals surface area contributed by atoms with Crippen LogP contribution in [-0.2, 0) is 10.0 Å². The third kappa shape index (κ3) is 5.48. The average molecular weight is 453 g/mol. The smallest absolute Gasteiger partial charge is 0.262 e. The molecule has 2 N–H and O–H groups in total. The number of sulfonamides is 1. The van der Waals surface area contributed by atoms with Gasteiger partial charge < -0.3 is 10.1 Å². The van der Waals surface area contributed by atoms with Crippen LogP contribution >= 0.6 is 0 Å². The number of aryl methyl sites for hydroxylation is 2. The van der Waals surface area contributed by atoms with Crippen molar-refractivity contribution >= 4 is 21.6 Å². The molecule has 0 fully saturated rings. The molecular formula is C25H28N2O4S. The summed E-state index contributed by atoms with van der Waals surface area (Å²) in [6, 6.07) is 19.1. The molecule has 0 aliphatic rings. The van der Waals surface area contributed by atoms with Crippen molar-refractivity contribution in [1.82, 2.24) is 5.32 Å². The van der Waals surface area contributed by atoms with Crippen molar-refractivity contribution in [1.29, 1.82) is 0 Å². The highest BCUT2D eigenvalue weighted by molar-refractivity contribution is 7.92. The SMILES string of the molecule is CCOc1ccc(C(C)NC(=O)c2ccc(C)c(S(=O)(=O)Nc3ccccc3C)c2)cc1. The predicted molar refractivity (Wildman–Crippen MR) is 127 cm³/mol. The fraction of sp³-hybridized carbons (Fsp3) is 0.240. The van der Waals surface area contributed by atoms with E-state index in [2.05, 4.69) is 10.0 Å². The van der Waals surface area contributed by atoms with Crippen LogP contribution in [0.4, 0.5) is 5.69 Å². The minimum absolute atomic E-state index is 0.0714. The van der Waals surface area contributed by atoms with Crippen molar-refractivity contribution in [2.45, 2.75) is 38.6 Å². The molecule has 3 rings (SSSR count). The first-order valence-electron chi connectivity index (χ1n) is 10.4. The van der Waals surface area contributed by atoms with E-state index in [9.17, 15) is 13.2 Å². The second kappa shape index (κ2) is 9.87. The molecule has 0 saturated heterocycles. The second-order valence-electron chi connectivity index (χ2n) is 7.60.